The van der Waals surface area contributed by atoms with E-state index in [0.717, 1.165) is 4.88 Å². The molecule has 0 aliphatic heterocycles. The number of carboxylic acids is 1. The van der Waals surface area contributed by atoms with Crippen molar-refractivity contribution >= 4 is 33.4 Å². The molecule has 3 N–H and O–H groups in total. The van der Waals surface area contributed by atoms with Crippen LogP contribution in [0.3, 0.4) is 0 Å². The lowest BCUT2D eigenvalue weighted by Gasteiger charge is -2.20. The highest BCUT2D eigenvalue weighted by Gasteiger charge is 2.18. The summed E-state index contributed by atoms with van der Waals surface area (Å²) in [5, 5.41) is 11.3. The van der Waals surface area contributed by atoms with Gasteiger partial charge in [-0.05, 0) is 19.1 Å². The number of sulfonamides is 1. The lowest BCUT2D eigenvalue weighted by atomic mass is 10.2. The number of nitrogens with one attached hydrogen (secondary N) is 2. The monoisotopic (exact) mass is 363 g/mol. The first kappa shape index (κ1) is 19.4. The van der Waals surface area contributed by atoms with Gasteiger partial charge in [-0.2, -0.15) is 0 Å². The SMILES string of the molecule is Cc1ccc(S(=O)(=O)NCCNC(=O)N(C)CC(C)C(=O)O)s1. The van der Waals surface area contributed by atoms with Crippen LogP contribution >= 0.6 is 11.3 Å². The van der Waals surface area contributed by atoms with Crippen LogP contribution in [0, 0.1) is 12.8 Å². The summed E-state index contributed by atoms with van der Waals surface area (Å²) in [6.07, 6.45) is 0. The molecule has 23 heavy (non-hydrogen) atoms. The summed E-state index contributed by atoms with van der Waals surface area (Å²) in [4.78, 5) is 24.6. The number of thiophene rings is 1. The van der Waals surface area contributed by atoms with Crippen molar-refractivity contribution in [3.05, 3.63) is 17.0 Å². The number of aryl methyl sites for hydroxylation is 1. The Bertz CT molecular complexity index is 656. The van der Waals surface area contributed by atoms with Crippen LogP contribution in [0.1, 0.15) is 11.8 Å². The van der Waals surface area contributed by atoms with E-state index in [1.165, 1.54) is 36.3 Å². The van der Waals surface area contributed by atoms with E-state index in [-0.39, 0.29) is 23.8 Å². The van der Waals surface area contributed by atoms with Crippen molar-refractivity contribution in [2.45, 2.75) is 18.1 Å². The Hall–Kier alpha value is -1.65. The van der Waals surface area contributed by atoms with Crippen molar-refractivity contribution < 1.29 is 23.1 Å². The summed E-state index contributed by atoms with van der Waals surface area (Å²) in [6.45, 7) is 3.55. The predicted molar refractivity (Wildman–Crippen MR) is 87.1 cm³/mol. The Balaban J connectivity index is 2.36. The second kappa shape index (κ2) is 8.27. The zero-order valence-electron chi connectivity index (χ0n) is 13.2. The summed E-state index contributed by atoms with van der Waals surface area (Å²) >= 11 is 1.17. The standard InChI is InChI=1S/C13H21N3O5S2/c1-9(12(17)18)8-16(3)13(19)14-6-7-15-23(20,21)11-5-4-10(2)22-11/h4-5,9,15H,6-8H2,1-3H3,(H,14,19)(H,17,18). The number of rotatable bonds is 8. The third-order valence-corrected chi connectivity index (χ3v) is 5.94. The van der Waals surface area contributed by atoms with Crippen LogP contribution < -0.4 is 10.0 Å². The predicted octanol–water partition coefficient (Wildman–Crippen LogP) is 0.697. The van der Waals surface area contributed by atoms with Gasteiger partial charge in [0.2, 0.25) is 10.0 Å². The van der Waals surface area contributed by atoms with Gasteiger partial charge in [-0.15, -0.1) is 11.3 Å². The highest BCUT2D eigenvalue weighted by Crippen LogP contribution is 2.19. The van der Waals surface area contributed by atoms with E-state index >= 15 is 0 Å². The first-order valence-corrected chi connectivity index (χ1v) is 9.21. The van der Waals surface area contributed by atoms with Crippen molar-refractivity contribution in [2.75, 3.05) is 26.7 Å². The molecule has 0 aliphatic rings. The van der Waals surface area contributed by atoms with Crippen molar-refractivity contribution in [1.29, 1.82) is 0 Å². The van der Waals surface area contributed by atoms with Gasteiger partial charge in [0, 0.05) is 31.6 Å². The molecule has 1 rings (SSSR count). The second-order valence-electron chi connectivity index (χ2n) is 5.11. The molecule has 2 amide bonds. The number of urea groups is 1. The van der Waals surface area contributed by atoms with Gasteiger partial charge in [0.05, 0.1) is 5.92 Å². The third-order valence-electron chi connectivity index (χ3n) is 2.99. The average molecular weight is 363 g/mol. The largest absolute Gasteiger partial charge is 0.481 e. The Morgan fingerprint density at radius 2 is 2.00 bits per heavy atom. The van der Waals surface area contributed by atoms with Gasteiger partial charge in [-0.25, -0.2) is 17.9 Å². The highest BCUT2D eigenvalue weighted by atomic mass is 32.2. The maximum Gasteiger partial charge on any atom is 0.317 e. The van der Waals surface area contributed by atoms with E-state index in [4.69, 9.17) is 5.11 Å². The van der Waals surface area contributed by atoms with Gasteiger partial charge in [-0.1, -0.05) is 6.92 Å². The van der Waals surface area contributed by atoms with Crippen molar-refractivity contribution in [3.63, 3.8) is 0 Å². The van der Waals surface area contributed by atoms with Crippen LogP contribution in [-0.4, -0.2) is 57.1 Å². The smallest absolute Gasteiger partial charge is 0.317 e. The summed E-state index contributed by atoms with van der Waals surface area (Å²) in [5.41, 5.74) is 0. The normalized spacial score (nSPS) is 12.7. The highest BCUT2D eigenvalue weighted by molar-refractivity contribution is 7.91. The van der Waals surface area contributed by atoms with Gasteiger partial charge in [0.25, 0.3) is 0 Å². The lowest BCUT2D eigenvalue weighted by molar-refractivity contribution is -0.141. The van der Waals surface area contributed by atoms with Crippen LogP contribution in [0.4, 0.5) is 4.79 Å². The molecule has 130 valence electrons. The number of carbonyl (C=O) groups is 2. The van der Waals surface area contributed by atoms with Gasteiger partial charge < -0.3 is 15.3 Å². The van der Waals surface area contributed by atoms with E-state index in [1.807, 2.05) is 6.92 Å². The number of hydrogen-bond donors (Lipinski definition) is 3. The van der Waals surface area contributed by atoms with Gasteiger partial charge in [0.15, 0.2) is 0 Å². The fourth-order valence-corrected chi connectivity index (χ4v) is 4.05. The molecule has 1 unspecified atom stereocenters. The molecule has 1 aromatic heterocycles. The summed E-state index contributed by atoms with van der Waals surface area (Å²) in [5.74, 6) is -1.66. The van der Waals surface area contributed by atoms with E-state index in [1.54, 1.807) is 6.07 Å². The van der Waals surface area contributed by atoms with Gasteiger partial charge in [-0.3, -0.25) is 4.79 Å². The number of carbonyl (C=O) groups excluding carboxylic acids is 1. The summed E-state index contributed by atoms with van der Waals surface area (Å²) in [7, 11) is -2.08. The minimum Gasteiger partial charge on any atom is -0.481 e. The fraction of sp³-hybridized carbons (Fsp3) is 0.538. The molecule has 0 saturated carbocycles. The average Bonchev–Trinajstić information content (AvgIpc) is 2.90. The van der Waals surface area contributed by atoms with E-state index in [0.29, 0.717) is 0 Å². The molecule has 1 atom stereocenters. The molecule has 0 aromatic carbocycles. The van der Waals surface area contributed by atoms with E-state index in [2.05, 4.69) is 10.0 Å². The number of aliphatic carboxylic acids is 1. The first-order chi connectivity index (χ1) is 10.6. The zero-order valence-corrected chi connectivity index (χ0v) is 14.8. The molecule has 0 saturated heterocycles. The summed E-state index contributed by atoms with van der Waals surface area (Å²) in [6, 6.07) is 2.80. The first-order valence-electron chi connectivity index (χ1n) is 6.91. The Labute approximate surface area is 139 Å². The van der Waals surface area contributed by atoms with Crippen molar-refractivity contribution in [1.82, 2.24) is 14.9 Å². The van der Waals surface area contributed by atoms with Gasteiger partial charge >= 0.3 is 12.0 Å². The Morgan fingerprint density at radius 1 is 1.35 bits per heavy atom. The number of nitrogens with zero attached hydrogens (tertiary/aromatic N) is 1. The Kier molecular flexibility index (Phi) is 6.98. The molecular formula is C13H21N3O5S2. The molecule has 1 heterocycles. The van der Waals surface area contributed by atoms with Crippen LogP contribution in [-0.2, 0) is 14.8 Å². The molecule has 0 bridgehead atoms. The van der Waals surface area contributed by atoms with Crippen LogP contribution in [0.2, 0.25) is 0 Å². The van der Waals surface area contributed by atoms with Crippen molar-refractivity contribution in [2.24, 2.45) is 5.92 Å². The molecule has 10 heteroatoms. The Morgan fingerprint density at radius 3 is 2.52 bits per heavy atom. The van der Waals surface area contributed by atoms with Crippen LogP contribution in [0.15, 0.2) is 16.3 Å². The minimum absolute atomic E-state index is 0.0490. The molecule has 0 aliphatic carbocycles. The minimum atomic E-state index is -3.56. The molecule has 0 spiro atoms. The maximum absolute atomic E-state index is 12.0. The number of amides is 2. The molecule has 0 radical (unpaired) electrons. The van der Waals surface area contributed by atoms with E-state index in [9.17, 15) is 18.0 Å². The lowest BCUT2D eigenvalue weighted by Crippen LogP contribution is -2.43. The molecule has 1 aromatic rings. The molecule has 0 fully saturated rings. The van der Waals surface area contributed by atoms with Gasteiger partial charge in [0.1, 0.15) is 4.21 Å². The van der Waals surface area contributed by atoms with E-state index < -0.39 is 27.9 Å². The maximum atomic E-state index is 12.0. The van der Waals surface area contributed by atoms with Crippen molar-refractivity contribution in [3.8, 4) is 0 Å². The van der Waals surface area contributed by atoms with Crippen LogP contribution in [0.5, 0.6) is 0 Å². The summed E-state index contributed by atoms with van der Waals surface area (Å²) < 4.78 is 26.5. The molecule has 8 nitrogen and oxygen atoms in total. The zero-order chi connectivity index (χ0) is 17.6. The molecular weight excluding hydrogens is 342 g/mol. The number of carboxylic acid groups (broad SMARTS) is 1. The third kappa shape index (κ3) is 6.16. The van der Waals surface area contributed by atoms with Crippen LogP contribution in [0.25, 0.3) is 0 Å². The fourth-order valence-electron chi connectivity index (χ4n) is 1.69. The second-order valence-corrected chi connectivity index (χ2v) is 8.40. The number of hydrogen-bond acceptors (Lipinski definition) is 5. The quantitative estimate of drug-likeness (QED) is 0.588. The topological polar surface area (TPSA) is 116 Å².